The van der Waals surface area contributed by atoms with Crippen molar-refractivity contribution in [3.8, 4) is 23.0 Å². The van der Waals surface area contributed by atoms with Gasteiger partial charge in [0.1, 0.15) is 11.5 Å². The van der Waals surface area contributed by atoms with Crippen LogP contribution in [0.4, 0.5) is 0 Å². The Balaban J connectivity index is 0.00000306. The molecule has 0 amide bonds. The zero-order chi connectivity index (χ0) is 22.3. The fourth-order valence-electron chi connectivity index (χ4n) is 4.16. The number of unbranched alkanes of at least 4 members (excludes halogenated alkanes) is 1. The third-order valence-corrected chi connectivity index (χ3v) is 5.93. The molecule has 2 heterocycles. The van der Waals surface area contributed by atoms with E-state index in [1.54, 1.807) is 38.5 Å². The maximum Gasteiger partial charge on any atom is 0.231 e. The molecule has 2 aliphatic heterocycles. The van der Waals surface area contributed by atoms with Gasteiger partial charge in [0.25, 0.3) is 0 Å². The van der Waals surface area contributed by atoms with E-state index < -0.39 is 0 Å². The van der Waals surface area contributed by atoms with Gasteiger partial charge in [-0.25, -0.2) is 0 Å². The van der Waals surface area contributed by atoms with Crippen LogP contribution in [0.15, 0.2) is 42.2 Å². The van der Waals surface area contributed by atoms with Gasteiger partial charge in [-0.05, 0) is 81.2 Å². The van der Waals surface area contributed by atoms with Gasteiger partial charge in [0, 0.05) is 6.07 Å². The lowest BCUT2D eigenvalue weighted by Gasteiger charge is -2.26. The Morgan fingerprint density at radius 2 is 1.76 bits per heavy atom. The zero-order valence-corrected chi connectivity index (χ0v) is 20.1. The monoisotopic (exact) mass is 473 g/mol. The standard InChI is InChI=1S/C26H31NO5.ClH/c1-29-22-11-8-19(16-24(22)30-2)17-25-26(28)21-10-9-20(18-23(21)32-25)31-15-7-6-14-27-12-4-3-5-13-27;/h8-11,16-18H,3-7,12-15H2,1-2H3;1H/b25-17-;. The molecule has 2 aliphatic rings. The Bertz CT molecular complexity index is 985. The second-order valence-corrected chi connectivity index (χ2v) is 8.17. The number of Topliss-reactive ketones (excluding diaryl/α,β-unsaturated/α-hetero) is 1. The maximum atomic E-state index is 12.7. The summed E-state index contributed by atoms with van der Waals surface area (Å²) >= 11 is 0. The highest BCUT2D eigenvalue weighted by Crippen LogP contribution is 2.36. The Morgan fingerprint density at radius 3 is 2.52 bits per heavy atom. The van der Waals surface area contributed by atoms with Crippen LogP contribution in [0, 0.1) is 0 Å². The highest BCUT2D eigenvalue weighted by atomic mass is 35.5. The van der Waals surface area contributed by atoms with Gasteiger partial charge in [0.05, 0.1) is 26.4 Å². The number of halogens is 1. The van der Waals surface area contributed by atoms with Gasteiger partial charge in [-0.3, -0.25) is 4.79 Å². The molecule has 0 unspecified atom stereocenters. The second kappa shape index (κ2) is 12.0. The molecule has 4 rings (SSSR count). The molecule has 7 heteroatoms. The number of piperidine rings is 1. The zero-order valence-electron chi connectivity index (χ0n) is 19.3. The number of rotatable bonds is 9. The van der Waals surface area contributed by atoms with Gasteiger partial charge in [0.2, 0.25) is 5.78 Å². The first-order valence-electron chi connectivity index (χ1n) is 11.3. The summed E-state index contributed by atoms with van der Waals surface area (Å²) in [5.41, 5.74) is 1.35. The van der Waals surface area contributed by atoms with E-state index in [0.717, 1.165) is 30.7 Å². The smallest absolute Gasteiger partial charge is 0.231 e. The summed E-state index contributed by atoms with van der Waals surface area (Å²) in [6, 6.07) is 10.9. The largest absolute Gasteiger partial charge is 0.493 e. The molecule has 0 bridgehead atoms. The number of nitrogens with zero attached hydrogens (tertiary/aromatic N) is 1. The van der Waals surface area contributed by atoms with Gasteiger partial charge in [-0.2, -0.15) is 0 Å². The number of methoxy groups -OCH3 is 2. The van der Waals surface area contributed by atoms with Crippen LogP contribution in [0.25, 0.3) is 6.08 Å². The summed E-state index contributed by atoms with van der Waals surface area (Å²) in [7, 11) is 3.17. The van der Waals surface area contributed by atoms with Gasteiger partial charge < -0.3 is 23.8 Å². The van der Waals surface area contributed by atoms with Gasteiger partial charge in [0.15, 0.2) is 17.3 Å². The van der Waals surface area contributed by atoms with Crippen molar-refractivity contribution >= 4 is 24.3 Å². The lowest BCUT2D eigenvalue weighted by molar-refractivity contribution is 0.101. The number of hydrogen-bond donors (Lipinski definition) is 0. The predicted molar refractivity (Wildman–Crippen MR) is 131 cm³/mol. The number of ether oxygens (including phenoxy) is 4. The van der Waals surface area contributed by atoms with Crippen molar-refractivity contribution in [1.82, 2.24) is 4.90 Å². The van der Waals surface area contributed by atoms with E-state index in [0.29, 0.717) is 29.4 Å². The SMILES string of the molecule is COc1ccc(/C=C2\Oc3cc(OCCCCN4CCCCC4)ccc3C2=O)cc1OC.Cl. The molecule has 2 aromatic rings. The van der Waals surface area contributed by atoms with Gasteiger partial charge in [-0.15, -0.1) is 12.4 Å². The maximum absolute atomic E-state index is 12.7. The van der Waals surface area contributed by atoms with Crippen molar-refractivity contribution in [3.63, 3.8) is 0 Å². The van der Waals surface area contributed by atoms with E-state index >= 15 is 0 Å². The van der Waals surface area contributed by atoms with Crippen molar-refractivity contribution in [2.45, 2.75) is 32.1 Å². The van der Waals surface area contributed by atoms with Crippen LogP contribution in [0.3, 0.4) is 0 Å². The van der Waals surface area contributed by atoms with Crippen LogP contribution >= 0.6 is 12.4 Å². The molecule has 0 atom stereocenters. The van der Waals surface area contributed by atoms with E-state index in [-0.39, 0.29) is 23.9 Å². The number of allylic oxidation sites excluding steroid dienone is 1. The van der Waals surface area contributed by atoms with Crippen LogP contribution in [0.2, 0.25) is 0 Å². The van der Waals surface area contributed by atoms with Crippen molar-refractivity contribution < 1.29 is 23.7 Å². The molecule has 0 N–H and O–H groups in total. The van der Waals surface area contributed by atoms with Crippen molar-refractivity contribution in [2.24, 2.45) is 0 Å². The predicted octanol–water partition coefficient (Wildman–Crippen LogP) is 5.39. The molecule has 0 saturated carbocycles. The first-order chi connectivity index (χ1) is 15.7. The van der Waals surface area contributed by atoms with Crippen LogP contribution in [0.5, 0.6) is 23.0 Å². The summed E-state index contributed by atoms with van der Waals surface area (Å²) in [4.78, 5) is 15.3. The lowest BCUT2D eigenvalue weighted by atomic mass is 10.1. The molecule has 2 aromatic carbocycles. The fraction of sp³-hybridized carbons (Fsp3) is 0.423. The van der Waals surface area contributed by atoms with Gasteiger partial charge in [-0.1, -0.05) is 12.5 Å². The van der Waals surface area contributed by atoms with Crippen LogP contribution in [-0.4, -0.2) is 51.1 Å². The topological polar surface area (TPSA) is 57.2 Å². The van der Waals surface area contributed by atoms with Crippen LogP contribution in [-0.2, 0) is 0 Å². The Labute approximate surface area is 201 Å². The molecule has 0 aliphatic carbocycles. The number of hydrogen-bond acceptors (Lipinski definition) is 6. The highest BCUT2D eigenvalue weighted by Gasteiger charge is 2.27. The molecular formula is C26H32ClNO5. The molecule has 0 aromatic heterocycles. The van der Waals surface area contributed by atoms with E-state index in [1.807, 2.05) is 18.2 Å². The van der Waals surface area contributed by atoms with E-state index in [9.17, 15) is 4.79 Å². The van der Waals surface area contributed by atoms with Crippen molar-refractivity contribution in [3.05, 3.63) is 53.3 Å². The summed E-state index contributed by atoms with van der Waals surface area (Å²) in [5.74, 6) is 2.64. The van der Waals surface area contributed by atoms with Crippen molar-refractivity contribution in [1.29, 1.82) is 0 Å². The molecule has 178 valence electrons. The van der Waals surface area contributed by atoms with E-state index in [4.69, 9.17) is 18.9 Å². The molecule has 33 heavy (non-hydrogen) atoms. The van der Waals surface area contributed by atoms with Crippen LogP contribution in [0.1, 0.15) is 48.0 Å². The summed E-state index contributed by atoms with van der Waals surface area (Å²) in [6.07, 6.45) is 7.88. The van der Waals surface area contributed by atoms with Crippen molar-refractivity contribution in [2.75, 3.05) is 40.5 Å². The number of likely N-dealkylation sites (tertiary alicyclic amines) is 1. The third kappa shape index (κ3) is 6.21. The molecule has 0 spiro atoms. The number of carbonyl (C=O) groups is 1. The molecular weight excluding hydrogens is 442 g/mol. The Kier molecular flexibility index (Phi) is 9.03. The average Bonchev–Trinajstić information content (AvgIpc) is 3.13. The number of ketones is 1. The third-order valence-electron chi connectivity index (χ3n) is 5.93. The molecule has 1 saturated heterocycles. The number of carbonyl (C=O) groups excluding carboxylic acids is 1. The summed E-state index contributed by atoms with van der Waals surface area (Å²) in [5, 5.41) is 0. The molecule has 0 radical (unpaired) electrons. The minimum Gasteiger partial charge on any atom is -0.493 e. The van der Waals surface area contributed by atoms with E-state index in [1.165, 1.54) is 32.4 Å². The first-order valence-corrected chi connectivity index (χ1v) is 11.3. The minimum atomic E-state index is -0.136. The summed E-state index contributed by atoms with van der Waals surface area (Å²) < 4.78 is 22.4. The quantitative estimate of drug-likeness (QED) is 0.359. The normalized spacial score (nSPS) is 16.7. The Hall–Kier alpha value is -2.70. The first kappa shape index (κ1) is 24.9. The minimum absolute atomic E-state index is 0. The fourth-order valence-corrected chi connectivity index (χ4v) is 4.16. The molecule has 6 nitrogen and oxygen atoms in total. The van der Waals surface area contributed by atoms with E-state index in [2.05, 4.69) is 4.90 Å². The highest BCUT2D eigenvalue weighted by molar-refractivity contribution is 6.14. The second-order valence-electron chi connectivity index (χ2n) is 8.17. The lowest BCUT2D eigenvalue weighted by Crippen LogP contribution is -2.30. The number of fused-ring (bicyclic) bond motifs is 1. The Morgan fingerprint density at radius 1 is 0.970 bits per heavy atom. The number of benzene rings is 2. The van der Waals surface area contributed by atoms with Gasteiger partial charge >= 0.3 is 0 Å². The average molecular weight is 474 g/mol. The van der Waals surface area contributed by atoms with Crippen LogP contribution < -0.4 is 18.9 Å². The molecule has 1 fully saturated rings. The summed E-state index contributed by atoms with van der Waals surface area (Å²) in [6.45, 7) is 4.27.